The molecule has 144 heavy (non-hydrogen) atoms. The number of rotatable bonds is 26. The molecule has 1 N–H and O–H groups in total. The van der Waals surface area contributed by atoms with E-state index in [1.807, 2.05) is 122 Å². The van der Waals surface area contributed by atoms with Crippen molar-refractivity contribution in [1.82, 2.24) is 29.9 Å². The van der Waals surface area contributed by atoms with Gasteiger partial charge in [-0.3, -0.25) is 67.6 Å². The zero-order valence-corrected chi connectivity index (χ0v) is 104. The summed E-state index contributed by atoms with van der Waals surface area (Å²) in [5, 5.41) is 66.0. The van der Waals surface area contributed by atoms with E-state index in [-0.39, 0.29) is 55.0 Å². The van der Waals surface area contributed by atoms with Gasteiger partial charge in [0.1, 0.15) is 30.9 Å². The van der Waals surface area contributed by atoms with Gasteiger partial charge in [0.2, 0.25) is 22.1 Å². The minimum atomic E-state index is -3.21. The number of nitrogens with zero attached hydrogens (tertiary/aromatic N) is 12. The molecule has 6 atom stereocenters. The molecule has 0 aliphatic carbocycles. The molecule has 0 aliphatic heterocycles. The third kappa shape index (κ3) is 61.7. The highest BCUT2D eigenvalue weighted by Crippen LogP contribution is 2.46. The normalized spacial score (nSPS) is 12.3. The largest absolute Gasteiger partial charge is 0.618 e. The van der Waals surface area contributed by atoms with Crippen molar-refractivity contribution in [1.29, 1.82) is 0 Å². The van der Waals surface area contributed by atoms with Crippen LogP contribution >= 0.6 is 204 Å². The Morgan fingerprint density at radius 3 is 1.17 bits per heavy atom. The Hall–Kier alpha value is -6.33. The molecule has 796 valence electrons. The standard InChI is InChI=1S/C14H14Br2NO2P.C9H13BrNO3P.C9H13BrNO2P.C9H13N2O4P.C7H9BrNO2P.C7H16O3.C6H5BrN2O3.C6H5BrN2O2.C6H6BrNO.C6H6BrN.C4H6O3.C3H8O2P.C2H3BrO/c1-2-19-20(18,13-6-4-3-5-7-13)14-9-11(16)8-12(10-15)17-14;1-4-14-15(3,13)9-6-8(10)5-7(2)11(9)12;1-4-13-14(3,12)9-6-8(10)5-7(2)11-9;1-4-15-16(3,14)9-6-8(11(12)13)5-7(2)10-9;1-5-3-6(8)4-7(9-5)12(2,10)11;1-4-8-7(9-5-2)10-6-3;1-4-2-5(9(11)12)3-6(7)8(4)10;1-4-2-5(9(10)11)3-6(7)8-4;1-5-3-2-4-6(7)8(5)9;1-5-3-2-4-6(7)8-5;1-3(5)7-4(2)6;1-3-5-6(2)4;1-2(3)4/h3-9H,2,10H2,1H3;5-6H,4H2,1-3H3;5-6H,4H2,1-3H3;5-6H,4H2,1-3H3;3-4H,1-2H3,(H,10,11);7H,4-6H2,1-3H3;2-3H,1H3;2-3H,1H3;2-4H,1H3;2-4H,1H3;1-2H3;3H2,1-2H3;1H3/q;;;;;;;;;;;+1;. The predicted octanol–water partition coefficient (Wildman–Crippen LogP) is 22.9. The van der Waals surface area contributed by atoms with Crippen molar-refractivity contribution >= 4 is 270 Å². The van der Waals surface area contributed by atoms with Gasteiger partial charge in [-0.25, -0.2) is 29.9 Å². The lowest BCUT2D eigenvalue weighted by molar-refractivity contribution is -0.624. The molecular weight excluding hydrogens is 2660 g/mol. The lowest BCUT2D eigenvalue weighted by Crippen LogP contribution is -2.46. The first-order chi connectivity index (χ1) is 66.8. The van der Waals surface area contributed by atoms with Gasteiger partial charge in [-0.2, -0.15) is 14.2 Å². The van der Waals surface area contributed by atoms with Crippen LogP contribution in [0, 0.1) is 101 Å². The fourth-order valence-corrected chi connectivity index (χ4v) is 22.1. The van der Waals surface area contributed by atoms with E-state index in [1.165, 1.54) is 90.2 Å². The topological polar surface area (TPSA) is 545 Å². The van der Waals surface area contributed by atoms with E-state index in [9.17, 15) is 92.6 Å². The average molecular weight is 2780 g/mol. The fourth-order valence-electron chi connectivity index (χ4n) is 9.81. The zero-order valence-electron chi connectivity index (χ0n) is 83.2. The molecule has 0 aliphatic rings. The summed E-state index contributed by atoms with van der Waals surface area (Å²) >= 11 is 31.6. The number of esters is 2. The predicted molar refractivity (Wildman–Crippen MR) is 594 cm³/mol. The SMILES string of the molecule is CC(=O)Br.CC(=O)OC(C)=O.CCOC(OCC)OCC.CCOP(=O)(c1ccccc1)c1cc(Br)cc(CBr)n1.CCOP(C)(=O)c1cc(Br)cc(C)[n+]1[O-].CCOP(C)(=O)c1cc(Br)cc(C)n1.CCOP(C)(=O)c1cc([N+](=O)[O-])cc(C)n1.CCO[P+](C)=O.Cc1cc(Br)cc(P(C)(=O)O)n1.Cc1cc([N+](=O)[O-])cc(Br)[n+]1[O-].Cc1cc([N+](=O)[O-])cc(Br)n1.Cc1cccc(Br)[n+]1[O-].Cc1cccc(Br)n1. The van der Waals surface area contributed by atoms with Crippen LogP contribution in [0.1, 0.15) is 127 Å². The van der Waals surface area contributed by atoms with Gasteiger partial charge in [0, 0.05) is 225 Å². The third-order valence-electron chi connectivity index (χ3n) is 15.5. The first-order valence-corrected chi connectivity index (χ1v) is 62.0. The maximum absolute atomic E-state index is 13.3. The highest BCUT2D eigenvalue weighted by atomic mass is 79.9. The van der Waals surface area contributed by atoms with E-state index < -0.39 is 78.1 Å². The van der Waals surface area contributed by atoms with Crippen molar-refractivity contribution in [2.24, 2.45) is 0 Å². The summed E-state index contributed by atoms with van der Waals surface area (Å²) in [7, 11) is -16.5. The summed E-state index contributed by atoms with van der Waals surface area (Å²) in [6, 6.07) is 41.9. The first-order valence-electron chi connectivity index (χ1n) is 42.1. The Morgan fingerprint density at radius 2 is 0.806 bits per heavy atom. The fraction of sp³-hybridized carbons (Fsp3) is 0.386. The summed E-state index contributed by atoms with van der Waals surface area (Å²) in [4.78, 5) is 92.5. The molecule has 9 aromatic heterocycles. The molecule has 0 spiro atoms. The number of benzene rings is 1. The molecule has 0 bridgehead atoms. The summed E-state index contributed by atoms with van der Waals surface area (Å²) in [6.45, 7) is 42.9. The number of hydrogen-bond acceptors (Lipinski definition) is 33. The minimum Gasteiger partial charge on any atom is -0.618 e. The Bertz CT molecular complexity index is 5900. The summed E-state index contributed by atoms with van der Waals surface area (Å²) in [5.74, 6) is -1.12. The number of aromatic nitrogens is 9. The Labute approximate surface area is 923 Å². The molecule has 1 aromatic carbocycles. The van der Waals surface area contributed by atoms with E-state index in [4.69, 9.17) is 32.3 Å². The summed E-state index contributed by atoms with van der Waals surface area (Å²) in [6.07, 6.45) is 0. The van der Waals surface area contributed by atoms with Gasteiger partial charge >= 0.3 is 20.0 Å². The summed E-state index contributed by atoms with van der Waals surface area (Å²) in [5.41, 5.74) is 7.36. The Balaban J connectivity index is -0.00000152. The lowest BCUT2D eigenvalue weighted by Gasteiger charge is -2.18. The van der Waals surface area contributed by atoms with Crippen LogP contribution in [0.5, 0.6) is 0 Å². The van der Waals surface area contributed by atoms with Crippen molar-refractivity contribution in [3.8, 4) is 0 Å². The zero-order chi connectivity index (χ0) is 112. The van der Waals surface area contributed by atoms with Crippen LogP contribution in [0.25, 0.3) is 0 Å². The van der Waals surface area contributed by atoms with Gasteiger partial charge in [0.15, 0.2) is 28.4 Å². The van der Waals surface area contributed by atoms with Crippen LogP contribution in [0.2, 0.25) is 0 Å². The van der Waals surface area contributed by atoms with Gasteiger partial charge in [0.25, 0.3) is 52.9 Å². The van der Waals surface area contributed by atoms with E-state index in [0.717, 1.165) is 50.0 Å². The third-order valence-corrected chi connectivity index (χ3v) is 29.5. The number of carbonyl (C=O) groups is 3. The Kier molecular flexibility index (Phi) is 73.4. The van der Waals surface area contributed by atoms with Crippen molar-refractivity contribution in [3.05, 3.63) is 285 Å². The molecular formula is C88H117Br10N12O28P6+. The van der Waals surface area contributed by atoms with Gasteiger partial charge in [-0.1, -0.05) is 104 Å². The molecule has 0 radical (unpaired) electrons. The summed E-state index contributed by atoms with van der Waals surface area (Å²) < 4.78 is 123. The van der Waals surface area contributed by atoms with Crippen molar-refractivity contribution in [2.45, 2.75) is 143 Å². The van der Waals surface area contributed by atoms with Crippen molar-refractivity contribution < 1.29 is 117 Å². The van der Waals surface area contributed by atoms with Gasteiger partial charge in [-0.15, -0.1) is 4.52 Å². The van der Waals surface area contributed by atoms with E-state index >= 15 is 0 Å². The minimum absolute atomic E-state index is 0.0208. The maximum Gasteiger partial charge on any atom is 0.504 e. The molecule has 0 amide bonds. The molecule has 9 heterocycles. The second kappa shape index (κ2) is 74.6. The number of nitro groups is 3. The number of ether oxygens (including phenoxy) is 4. The smallest absolute Gasteiger partial charge is 0.504 e. The second-order valence-corrected chi connectivity index (χ2v) is 49.6. The van der Waals surface area contributed by atoms with Crippen molar-refractivity contribution in [3.63, 3.8) is 0 Å². The van der Waals surface area contributed by atoms with E-state index in [1.54, 1.807) is 104 Å². The van der Waals surface area contributed by atoms with Gasteiger partial charge in [-0.05, 0) is 209 Å². The second-order valence-electron chi connectivity index (χ2n) is 28.1. The van der Waals surface area contributed by atoms with E-state index in [2.05, 4.69) is 198 Å². The van der Waals surface area contributed by atoms with Gasteiger partial charge < -0.3 is 57.6 Å². The van der Waals surface area contributed by atoms with Crippen LogP contribution < -0.4 is 46.7 Å². The molecule has 6 unspecified atom stereocenters. The highest BCUT2D eigenvalue weighted by molar-refractivity contribution is 9.18. The molecule has 0 fully saturated rings. The van der Waals surface area contributed by atoms with E-state index in [0.29, 0.717) is 109 Å². The van der Waals surface area contributed by atoms with Gasteiger partial charge in [0.05, 0.1) is 65.6 Å². The lowest BCUT2D eigenvalue weighted by atomic mass is 10.3. The molecule has 10 aromatic rings. The number of carbonyl (C=O) groups excluding carboxylic acids is 3. The van der Waals surface area contributed by atoms with Crippen LogP contribution in [0.15, 0.2) is 188 Å². The van der Waals surface area contributed by atoms with Crippen LogP contribution in [-0.4, -0.2) is 159 Å². The molecule has 0 saturated carbocycles. The number of pyridine rings is 9. The van der Waals surface area contributed by atoms with Crippen LogP contribution in [0.4, 0.5) is 17.1 Å². The molecule has 10 rings (SSSR count). The molecule has 40 nitrogen and oxygen atoms in total. The van der Waals surface area contributed by atoms with Crippen LogP contribution in [-0.2, 0) is 88.7 Å². The number of aryl methyl sites for hydroxylation is 8. The van der Waals surface area contributed by atoms with Crippen LogP contribution in [0.3, 0.4) is 0 Å². The number of halogens is 10. The monoisotopic (exact) mass is 2760 g/mol. The number of alkyl halides is 1. The van der Waals surface area contributed by atoms with Crippen molar-refractivity contribution in [2.75, 3.05) is 86.2 Å². The quantitative estimate of drug-likeness (QED) is 0.00449. The average Bonchev–Trinajstić information content (AvgIpc) is 0.782. The number of hydrogen-bond donors (Lipinski definition) is 1. The first kappa shape index (κ1) is 142. The molecule has 56 heteroatoms. The Morgan fingerprint density at radius 1 is 0.417 bits per heavy atom. The molecule has 0 saturated heterocycles. The maximum atomic E-state index is 13.3. The highest BCUT2D eigenvalue weighted by Gasteiger charge is 2.32.